The summed E-state index contributed by atoms with van der Waals surface area (Å²) in [5.74, 6) is 6.70. The van der Waals surface area contributed by atoms with E-state index in [1.54, 1.807) is 7.11 Å². The first kappa shape index (κ1) is 18.1. The van der Waals surface area contributed by atoms with E-state index >= 15 is 0 Å². The quantitative estimate of drug-likeness (QED) is 0.456. The highest BCUT2D eigenvalue weighted by Gasteiger charge is 2.26. The van der Waals surface area contributed by atoms with Crippen LogP contribution in [0.25, 0.3) is 0 Å². The largest absolute Gasteiger partial charge is 0.497 e. The van der Waals surface area contributed by atoms with Crippen molar-refractivity contribution in [3.63, 3.8) is 0 Å². The Hall–Kier alpha value is -1.95. The van der Waals surface area contributed by atoms with E-state index in [0.717, 1.165) is 30.6 Å². The molecule has 0 aromatic heterocycles. The number of hydrogen-bond acceptors (Lipinski definition) is 3. The molecule has 0 radical (unpaired) electrons. The van der Waals surface area contributed by atoms with Crippen LogP contribution in [0, 0.1) is 17.3 Å². The van der Waals surface area contributed by atoms with Crippen molar-refractivity contribution < 1.29 is 14.3 Å². The zero-order valence-corrected chi connectivity index (χ0v) is 14.2. The van der Waals surface area contributed by atoms with Gasteiger partial charge in [-0.3, -0.25) is 4.79 Å². The van der Waals surface area contributed by atoms with E-state index in [0.29, 0.717) is 0 Å². The number of carbonyl (C=O) groups is 1. The van der Waals surface area contributed by atoms with Crippen molar-refractivity contribution in [2.75, 3.05) is 7.11 Å². The molecule has 0 saturated carbocycles. The first-order valence-corrected chi connectivity index (χ1v) is 7.72. The number of methoxy groups -OCH3 is 1. The molecule has 120 valence electrons. The van der Waals surface area contributed by atoms with Gasteiger partial charge in [0.15, 0.2) is 6.10 Å². The van der Waals surface area contributed by atoms with E-state index in [1.807, 2.05) is 45.0 Å². The molecule has 22 heavy (non-hydrogen) atoms. The Morgan fingerprint density at radius 1 is 1.23 bits per heavy atom. The van der Waals surface area contributed by atoms with Gasteiger partial charge in [0.05, 0.1) is 12.5 Å². The summed E-state index contributed by atoms with van der Waals surface area (Å²) >= 11 is 0. The molecule has 1 rings (SSSR count). The summed E-state index contributed by atoms with van der Waals surface area (Å²) in [5.41, 5.74) is 0.318. The topological polar surface area (TPSA) is 35.5 Å². The van der Waals surface area contributed by atoms with Crippen molar-refractivity contribution in [3.8, 4) is 17.6 Å². The van der Waals surface area contributed by atoms with Gasteiger partial charge in [-0.15, -0.1) is 0 Å². The lowest BCUT2D eigenvalue weighted by molar-refractivity contribution is -0.156. The second-order valence-electron chi connectivity index (χ2n) is 6.23. The van der Waals surface area contributed by atoms with Crippen LogP contribution in [0.3, 0.4) is 0 Å². The second kappa shape index (κ2) is 8.48. The molecule has 0 aliphatic carbocycles. The molecule has 3 nitrogen and oxygen atoms in total. The SMILES string of the molecule is CCCCC#CC(OC(=O)C(C)(C)C)c1ccc(OC)cc1. The van der Waals surface area contributed by atoms with Crippen molar-refractivity contribution in [2.24, 2.45) is 5.41 Å². The molecule has 1 unspecified atom stereocenters. The maximum atomic E-state index is 12.1. The third kappa shape index (κ3) is 5.81. The molecule has 0 N–H and O–H groups in total. The van der Waals surface area contributed by atoms with Crippen molar-refractivity contribution in [2.45, 2.75) is 53.1 Å². The fraction of sp³-hybridized carbons (Fsp3) is 0.526. The van der Waals surface area contributed by atoms with Gasteiger partial charge in [0.25, 0.3) is 0 Å². The van der Waals surface area contributed by atoms with Crippen LogP contribution < -0.4 is 4.74 Å². The zero-order valence-electron chi connectivity index (χ0n) is 14.2. The maximum absolute atomic E-state index is 12.1. The molecular weight excluding hydrogens is 276 g/mol. The van der Waals surface area contributed by atoms with Crippen LogP contribution in [0.15, 0.2) is 24.3 Å². The number of unbranched alkanes of at least 4 members (excludes halogenated alkanes) is 2. The molecule has 3 heteroatoms. The Morgan fingerprint density at radius 2 is 1.86 bits per heavy atom. The predicted molar refractivity (Wildman–Crippen MR) is 88.6 cm³/mol. The fourth-order valence-electron chi connectivity index (χ4n) is 1.67. The molecule has 0 heterocycles. The molecule has 0 fully saturated rings. The Balaban J connectivity index is 2.93. The van der Waals surface area contributed by atoms with E-state index < -0.39 is 11.5 Å². The van der Waals surface area contributed by atoms with Gasteiger partial charge in [-0.2, -0.15) is 0 Å². The zero-order chi connectivity index (χ0) is 16.6. The number of rotatable bonds is 5. The summed E-state index contributed by atoms with van der Waals surface area (Å²) in [6.07, 6.45) is 2.43. The highest BCUT2D eigenvalue weighted by molar-refractivity contribution is 5.76. The summed E-state index contributed by atoms with van der Waals surface area (Å²) in [4.78, 5) is 12.1. The van der Waals surface area contributed by atoms with Gasteiger partial charge in [-0.25, -0.2) is 0 Å². The van der Waals surface area contributed by atoms with E-state index in [9.17, 15) is 4.79 Å². The van der Waals surface area contributed by atoms with Crippen LogP contribution in [0.2, 0.25) is 0 Å². The highest BCUT2D eigenvalue weighted by Crippen LogP contribution is 2.24. The van der Waals surface area contributed by atoms with Crippen LogP contribution in [0.5, 0.6) is 5.75 Å². The number of hydrogen-bond donors (Lipinski definition) is 0. The summed E-state index contributed by atoms with van der Waals surface area (Å²) in [7, 11) is 1.62. The van der Waals surface area contributed by atoms with Crippen molar-refractivity contribution in [3.05, 3.63) is 29.8 Å². The second-order valence-corrected chi connectivity index (χ2v) is 6.23. The van der Waals surface area contributed by atoms with Crippen LogP contribution >= 0.6 is 0 Å². The highest BCUT2D eigenvalue weighted by atomic mass is 16.5. The normalized spacial score (nSPS) is 12.0. The van der Waals surface area contributed by atoms with Crippen LogP contribution in [-0.2, 0) is 9.53 Å². The summed E-state index contributed by atoms with van der Waals surface area (Å²) in [6.45, 7) is 7.64. The van der Waals surface area contributed by atoms with Gasteiger partial charge < -0.3 is 9.47 Å². The minimum atomic E-state index is -0.546. The van der Waals surface area contributed by atoms with Gasteiger partial charge in [0, 0.05) is 12.0 Å². The molecule has 0 bridgehead atoms. The summed E-state index contributed by atoms with van der Waals surface area (Å²) in [6, 6.07) is 7.46. The summed E-state index contributed by atoms with van der Waals surface area (Å²) in [5, 5.41) is 0. The Labute approximate surface area is 134 Å². The molecule has 0 amide bonds. The third-order valence-corrected chi connectivity index (χ3v) is 3.14. The standard InChI is InChI=1S/C19H26O3/c1-6-7-8-9-10-17(22-18(20)19(2,3)4)15-11-13-16(21-5)14-12-15/h11-14,17H,6-8H2,1-5H3. The molecular formula is C19H26O3. The smallest absolute Gasteiger partial charge is 0.312 e. The Morgan fingerprint density at radius 3 is 2.36 bits per heavy atom. The van der Waals surface area contributed by atoms with Crippen LogP contribution in [0.4, 0.5) is 0 Å². The number of benzene rings is 1. The Kier molecular flexibility index (Phi) is 6.98. The van der Waals surface area contributed by atoms with Crippen molar-refractivity contribution in [1.29, 1.82) is 0 Å². The van der Waals surface area contributed by atoms with Gasteiger partial charge in [-0.1, -0.05) is 37.3 Å². The number of carbonyl (C=O) groups excluding carboxylic acids is 1. The molecule has 0 aliphatic rings. The molecule has 1 atom stereocenters. The lowest BCUT2D eigenvalue weighted by atomic mass is 9.97. The number of ether oxygens (including phenoxy) is 2. The average molecular weight is 302 g/mol. The monoisotopic (exact) mass is 302 g/mol. The average Bonchev–Trinajstić information content (AvgIpc) is 2.49. The minimum Gasteiger partial charge on any atom is -0.497 e. The molecule has 0 aliphatic heterocycles. The van der Waals surface area contributed by atoms with Gasteiger partial charge in [0.1, 0.15) is 5.75 Å². The van der Waals surface area contributed by atoms with Gasteiger partial charge in [-0.05, 0) is 39.3 Å². The lowest BCUT2D eigenvalue weighted by Gasteiger charge is -2.20. The van der Waals surface area contributed by atoms with Gasteiger partial charge in [0.2, 0.25) is 0 Å². The van der Waals surface area contributed by atoms with E-state index in [2.05, 4.69) is 18.8 Å². The Bertz CT molecular complexity index is 527. The van der Waals surface area contributed by atoms with Crippen molar-refractivity contribution in [1.82, 2.24) is 0 Å². The summed E-state index contributed by atoms with van der Waals surface area (Å²) < 4.78 is 10.8. The lowest BCUT2D eigenvalue weighted by Crippen LogP contribution is -2.24. The van der Waals surface area contributed by atoms with Crippen molar-refractivity contribution >= 4 is 5.97 Å². The predicted octanol–water partition coefficient (Wildman–Crippen LogP) is 4.52. The molecule has 0 saturated heterocycles. The maximum Gasteiger partial charge on any atom is 0.312 e. The molecule has 1 aromatic rings. The van der Waals surface area contributed by atoms with E-state index in [1.165, 1.54) is 0 Å². The molecule has 1 aromatic carbocycles. The first-order chi connectivity index (χ1) is 10.4. The van der Waals surface area contributed by atoms with E-state index in [-0.39, 0.29) is 5.97 Å². The number of esters is 1. The van der Waals surface area contributed by atoms with Gasteiger partial charge >= 0.3 is 5.97 Å². The fourth-order valence-corrected chi connectivity index (χ4v) is 1.67. The minimum absolute atomic E-state index is 0.252. The van der Waals surface area contributed by atoms with Crippen LogP contribution in [0.1, 0.15) is 58.6 Å². The first-order valence-electron chi connectivity index (χ1n) is 7.72. The van der Waals surface area contributed by atoms with E-state index in [4.69, 9.17) is 9.47 Å². The van der Waals surface area contributed by atoms with Crippen LogP contribution in [-0.4, -0.2) is 13.1 Å². The third-order valence-electron chi connectivity index (χ3n) is 3.14. The molecule has 0 spiro atoms.